The van der Waals surface area contributed by atoms with Gasteiger partial charge in [-0.25, -0.2) is 16.8 Å². The average Bonchev–Trinajstić information content (AvgIpc) is 2.60. The SMILES string of the molecule is CCS(=O)(=O)C1CN(C(=O)c2ccc(NS(=O)(=O)c3cccc(C)c3)cc2)C1. The highest BCUT2D eigenvalue weighted by molar-refractivity contribution is 7.92. The number of aryl methyl sites for hydroxylation is 1. The Morgan fingerprint density at radius 1 is 1.07 bits per heavy atom. The van der Waals surface area contributed by atoms with Crippen molar-refractivity contribution in [1.29, 1.82) is 0 Å². The predicted molar refractivity (Wildman–Crippen MR) is 108 cm³/mol. The molecule has 0 radical (unpaired) electrons. The van der Waals surface area contributed by atoms with Gasteiger partial charge in [-0.15, -0.1) is 0 Å². The van der Waals surface area contributed by atoms with E-state index >= 15 is 0 Å². The molecule has 0 bridgehead atoms. The number of nitrogens with one attached hydrogen (secondary N) is 1. The second-order valence-electron chi connectivity index (χ2n) is 6.78. The zero-order chi connectivity index (χ0) is 20.5. The zero-order valence-corrected chi connectivity index (χ0v) is 17.3. The summed E-state index contributed by atoms with van der Waals surface area (Å²) in [6, 6.07) is 12.6. The normalized spacial score (nSPS) is 15.1. The molecule has 1 N–H and O–H groups in total. The minimum absolute atomic E-state index is 0.0650. The molecule has 3 rings (SSSR count). The Labute approximate surface area is 165 Å². The van der Waals surface area contributed by atoms with E-state index < -0.39 is 25.1 Å². The summed E-state index contributed by atoms with van der Waals surface area (Å²) in [5, 5.41) is -0.498. The van der Waals surface area contributed by atoms with Crippen LogP contribution in [0, 0.1) is 6.92 Å². The van der Waals surface area contributed by atoms with E-state index in [9.17, 15) is 21.6 Å². The Hall–Kier alpha value is -2.39. The third-order valence-electron chi connectivity index (χ3n) is 4.73. The van der Waals surface area contributed by atoms with Gasteiger partial charge < -0.3 is 4.90 Å². The zero-order valence-electron chi connectivity index (χ0n) is 15.6. The number of carbonyl (C=O) groups is 1. The first-order valence-corrected chi connectivity index (χ1v) is 12.0. The first kappa shape index (κ1) is 20.3. The molecule has 0 unspecified atom stereocenters. The summed E-state index contributed by atoms with van der Waals surface area (Å²) in [7, 11) is -6.85. The fourth-order valence-electron chi connectivity index (χ4n) is 2.93. The maximum atomic E-state index is 12.5. The topological polar surface area (TPSA) is 101 Å². The summed E-state index contributed by atoms with van der Waals surface area (Å²) < 4.78 is 51.0. The van der Waals surface area contributed by atoms with Crippen molar-refractivity contribution >= 4 is 31.5 Å². The molecule has 9 heteroatoms. The van der Waals surface area contributed by atoms with Gasteiger partial charge in [0.15, 0.2) is 9.84 Å². The molecule has 1 aliphatic rings. The van der Waals surface area contributed by atoms with Gasteiger partial charge in [-0.3, -0.25) is 9.52 Å². The third kappa shape index (κ3) is 4.20. The molecule has 0 saturated carbocycles. The quantitative estimate of drug-likeness (QED) is 0.768. The Morgan fingerprint density at radius 3 is 2.29 bits per heavy atom. The van der Waals surface area contributed by atoms with Gasteiger partial charge in [0.2, 0.25) is 0 Å². The van der Waals surface area contributed by atoms with Gasteiger partial charge in [-0.1, -0.05) is 19.1 Å². The van der Waals surface area contributed by atoms with Gasteiger partial charge in [-0.05, 0) is 48.9 Å². The molecule has 1 aliphatic heterocycles. The standard InChI is InChI=1S/C19H22N2O5S2/c1-3-27(23,24)18-12-21(13-18)19(22)15-7-9-16(10-8-15)20-28(25,26)17-6-4-5-14(2)11-17/h4-11,18,20H,3,12-13H2,1-2H3. The lowest BCUT2D eigenvalue weighted by atomic mass is 10.1. The highest BCUT2D eigenvalue weighted by Crippen LogP contribution is 2.22. The number of amides is 1. The maximum Gasteiger partial charge on any atom is 0.261 e. The number of sulfonamides is 1. The second kappa shape index (κ2) is 7.56. The van der Waals surface area contributed by atoms with Crippen molar-refractivity contribution in [3.8, 4) is 0 Å². The van der Waals surface area contributed by atoms with Crippen molar-refractivity contribution in [2.75, 3.05) is 23.6 Å². The molecule has 0 aromatic heterocycles. The van der Waals surface area contributed by atoms with Crippen molar-refractivity contribution in [1.82, 2.24) is 4.90 Å². The number of rotatable bonds is 6. The van der Waals surface area contributed by atoms with Crippen LogP contribution in [0.5, 0.6) is 0 Å². The predicted octanol–water partition coefficient (Wildman–Crippen LogP) is 2.05. The van der Waals surface area contributed by atoms with E-state index in [-0.39, 0.29) is 29.6 Å². The maximum absolute atomic E-state index is 12.5. The Morgan fingerprint density at radius 2 is 1.71 bits per heavy atom. The van der Waals surface area contributed by atoms with E-state index in [1.165, 1.54) is 35.2 Å². The van der Waals surface area contributed by atoms with Gasteiger partial charge >= 0.3 is 0 Å². The highest BCUT2D eigenvalue weighted by atomic mass is 32.2. The van der Waals surface area contributed by atoms with Crippen molar-refractivity contribution < 1.29 is 21.6 Å². The number of likely N-dealkylation sites (tertiary alicyclic amines) is 1. The van der Waals surface area contributed by atoms with Crippen LogP contribution in [0.3, 0.4) is 0 Å². The first-order chi connectivity index (χ1) is 13.1. The average molecular weight is 423 g/mol. The summed E-state index contributed by atoms with van der Waals surface area (Å²) in [5.41, 5.74) is 1.56. The van der Waals surface area contributed by atoms with Crippen LogP contribution in [-0.4, -0.2) is 51.7 Å². The van der Waals surface area contributed by atoms with E-state index in [2.05, 4.69) is 4.72 Å². The van der Waals surface area contributed by atoms with Crippen LogP contribution >= 0.6 is 0 Å². The third-order valence-corrected chi connectivity index (χ3v) is 8.23. The molecule has 28 heavy (non-hydrogen) atoms. The van der Waals surface area contributed by atoms with Gasteiger partial charge in [0, 0.05) is 30.1 Å². The number of benzene rings is 2. The van der Waals surface area contributed by atoms with E-state index in [1.807, 2.05) is 13.0 Å². The first-order valence-electron chi connectivity index (χ1n) is 8.83. The number of sulfone groups is 1. The number of carbonyl (C=O) groups excluding carboxylic acids is 1. The van der Waals surface area contributed by atoms with Crippen LogP contribution < -0.4 is 4.72 Å². The van der Waals surface area contributed by atoms with Crippen LogP contribution in [-0.2, 0) is 19.9 Å². The lowest BCUT2D eigenvalue weighted by Crippen LogP contribution is -2.57. The van der Waals surface area contributed by atoms with Gasteiger partial charge in [-0.2, -0.15) is 0 Å². The molecule has 7 nitrogen and oxygen atoms in total. The fraction of sp³-hybridized carbons (Fsp3) is 0.316. The summed E-state index contributed by atoms with van der Waals surface area (Å²) in [6.45, 7) is 3.79. The van der Waals surface area contributed by atoms with E-state index in [1.54, 1.807) is 19.1 Å². The van der Waals surface area contributed by atoms with Crippen molar-refractivity contribution in [3.05, 3.63) is 59.7 Å². The summed E-state index contributed by atoms with van der Waals surface area (Å²) in [5.74, 6) is -0.203. The Bertz CT molecular complexity index is 1090. The van der Waals surface area contributed by atoms with Crippen LogP contribution in [0.15, 0.2) is 53.4 Å². The lowest BCUT2D eigenvalue weighted by molar-refractivity contribution is 0.0659. The minimum Gasteiger partial charge on any atom is -0.336 e. The number of anilines is 1. The van der Waals surface area contributed by atoms with Crippen LogP contribution in [0.1, 0.15) is 22.8 Å². The molecule has 0 atom stereocenters. The molecule has 150 valence electrons. The summed E-state index contributed by atoms with van der Waals surface area (Å²) >= 11 is 0. The number of hydrogen-bond acceptors (Lipinski definition) is 5. The van der Waals surface area contributed by atoms with Crippen molar-refractivity contribution in [2.45, 2.75) is 24.0 Å². The molecule has 1 saturated heterocycles. The largest absolute Gasteiger partial charge is 0.336 e. The molecule has 1 amide bonds. The van der Waals surface area contributed by atoms with Crippen molar-refractivity contribution in [3.63, 3.8) is 0 Å². The summed E-state index contributed by atoms with van der Waals surface area (Å²) in [4.78, 5) is 14.1. The van der Waals surface area contributed by atoms with Crippen LogP contribution in [0.2, 0.25) is 0 Å². The number of hydrogen-bond donors (Lipinski definition) is 1. The van der Waals surface area contributed by atoms with E-state index in [0.717, 1.165) is 5.56 Å². The van der Waals surface area contributed by atoms with Crippen LogP contribution in [0.4, 0.5) is 5.69 Å². The molecule has 2 aromatic rings. The molecule has 2 aromatic carbocycles. The monoisotopic (exact) mass is 422 g/mol. The molecular weight excluding hydrogens is 400 g/mol. The Balaban J connectivity index is 1.66. The molecule has 0 aliphatic carbocycles. The molecule has 1 heterocycles. The van der Waals surface area contributed by atoms with Crippen molar-refractivity contribution in [2.24, 2.45) is 0 Å². The summed E-state index contributed by atoms with van der Waals surface area (Å²) in [6.07, 6.45) is 0. The second-order valence-corrected chi connectivity index (χ2v) is 11.0. The van der Waals surface area contributed by atoms with E-state index in [4.69, 9.17) is 0 Å². The Kier molecular flexibility index (Phi) is 5.49. The molecular formula is C19H22N2O5S2. The lowest BCUT2D eigenvalue weighted by Gasteiger charge is -2.38. The van der Waals surface area contributed by atoms with Gasteiger partial charge in [0.25, 0.3) is 15.9 Å². The smallest absolute Gasteiger partial charge is 0.261 e. The number of nitrogens with zero attached hydrogens (tertiary/aromatic N) is 1. The van der Waals surface area contributed by atoms with E-state index in [0.29, 0.717) is 11.3 Å². The minimum atomic E-state index is -3.72. The van der Waals surface area contributed by atoms with Gasteiger partial charge in [0.1, 0.15) is 0 Å². The highest BCUT2D eigenvalue weighted by Gasteiger charge is 2.38. The molecule has 1 fully saturated rings. The van der Waals surface area contributed by atoms with Crippen LogP contribution in [0.25, 0.3) is 0 Å². The fourth-order valence-corrected chi connectivity index (χ4v) is 5.38. The van der Waals surface area contributed by atoms with Gasteiger partial charge in [0.05, 0.1) is 10.1 Å². The molecule has 0 spiro atoms.